The highest BCUT2D eigenvalue weighted by molar-refractivity contribution is 5.58. The van der Waals surface area contributed by atoms with Crippen molar-refractivity contribution in [3.63, 3.8) is 0 Å². The lowest BCUT2D eigenvalue weighted by Crippen LogP contribution is -2.26. The summed E-state index contributed by atoms with van der Waals surface area (Å²) < 4.78 is 0. The highest BCUT2D eigenvalue weighted by atomic mass is 16.6. The molecule has 1 aromatic rings. The van der Waals surface area contributed by atoms with Gasteiger partial charge in [0.1, 0.15) is 6.07 Å². The van der Waals surface area contributed by atoms with Crippen LogP contribution < -0.4 is 5.32 Å². The Kier molecular flexibility index (Phi) is 5.24. The lowest BCUT2D eigenvalue weighted by atomic mass is 9.95. The summed E-state index contributed by atoms with van der Waals surface area (Å²) in [7, 11) is 0. The van der Waals surface area contributed by atoms with Crippen molar-refractivity contribution in [3.8, 4) is 6.07 Å². The van der Waals surface area contributed by atoms with E-state index in [1.54, 1.807) is 0 Å². The van der Waals surface area contributed by atoms with Crippen LogP contribution in [0, 0.1) is 27.4 Å². The van der Waals surface area contributed by atoms with Gasteiger partial charge in [-0.15, -0.1) is 0 Å². The van der Waals surface area contributed by atoms with Crippen molar-refractivity contribution in [3.05, 3.63) is 27.9 Å². The minimum atomic E-state index is -0.518. The minimum Gasteiger partial charge on any atom is -0.362 e. The molecule has 0 radical (unpaired) electrons. The lowest BCUT2D eigenvalue weighted by molar-refractivity contribution is -0.384. The van der Waals surface area contributed by atoms with Gasteiger partial charge in [-0.25, -0.2) is 4.98 Å². The Morgan fingerprint density at radius 1 is 1.53 bits per heavy atom. The van der Waals surface area contributed by atoms with E-state index in [1.807, 2.05) is 13.0 Å². The number of rotatable bonds is 6. The lowest BCUT2D eigenvalue weighted by Gasteiger charge is -2.22. The van der Waals surface area contributed by atoms with E-state index in [9.17, 15) is 10.1 Å². The van der Waals surface area contributed by atoms with Crippen LogP contribution in [0.25, 0.3) is 0 Å². The molecular formula is C13H18N4O2. The fraction of sp³-hybridized carbons (Fsp3) is 0.538. The second kappa shape index (κ2) is 6.69. The summed E-state index contributed by atoms with van der Waals surface area (Å²) >= 11 is 0. The van der Waals surface area contributed by atoms with Crippen LogP contribution in [0.5, 0.6) is 0 Å². The van der Waals surface area contributed by atoms with Crippen molar-refractivity contribution in [2.75, 3.05) is 5.32 Å². The minimum absolute atomic E-state index is 0.0918. The number of pyridine rings is 1. The number of nitriles is 1. The third-order valence-electron chi connectivity index (χ3n) is 3.31. The molecule has 0 bridgehead atoms. The molecule has 1 unspecified atom stereocenters. The Hall–Kier alpha value is -2.16. The van der Waals surface area contributed by atoms with Crippen molar-refractivity contribution >= 4 is 11.5 Å². The second-order valence-electron chi connectivity index (χ2n) is 4.47. The van der Waals surface area contributed by atoms with Gasteiger partial charge in [0, 0.05) is 18.3 Å². The van der Waals surface area contributed by atoms with Gasteiger partial charge >= 0.3 is 5.69 Å². The van der Waals surface area contributed by atoms with Crippen LogP contribution in [0.1, 0.15) is 39.2 Å². The van der Waals surface area contributed by atoms with Gasteiger partial charge in [-0.05, 0) is 12.8 Å². The maximum absolute atomic E-state index is 11.0. The Bertz CT molecular complexity index is 492. The monoisotopic (exact) mass is 262 g/mol. The second-order valence-corrected chi connectivity index (χ2v) is 4.47. The van der Waals surface area contributed by atoms with Gasteiger partial charge in [-0.3, -0.25) is 10.1 Å². The first-order valence-electron chi connectivity index (χ1n) is 6.34. The average molecular weight is 262 g/mol. The molecular weight excluding hydrogens is 244 g/mol. The summed E-state index contributed by atoms with van der Waals surface area (Å²) in [5.41, 5.74) is 0.0318. The van der Waals surface area contributed by atoms with Crippen molar-refractivity contribution < 1.29 is 4.92 Å². The van der Waals surface area contributed by atoms with Crippen LogP contribution in [-0.2, 0) is 0 Å². The van der Waals surface area contributed by atoms with E-state index in [0.717, 1.165) is 12.8 Å². The molecule has 0 fully saturated rings. The topological polar surface area (TPSA) is 91.8 Å². The molecule has 102 valence electrons. The molecule has 0 spiro atoms. The summed E-state index contributed by atoms with van der Waals surface area (Å²) in [5, 5.41) is 22.8. The normalized spacial score (nSPS) is 11.9. The zero-order valence-electron chi connectivity index (χ0n) is 11.4. The molecule has 0 aliphatic heterocycles. The SMILES string of the molecule is CCC(CC)C(C)Nc1ncc(C#N)cc1[N+](=O)[O-]. The Morgan fingerprint density at radius 2 is 2.16 bits per heavy atom. The number of nitrogens with one attached hydrogen (secondary N) is 1. The summed E-state index contributed by atoms with van der Waals surface area (Å²) in [6, 6.07) is 3.19. The summed E-state index contributed by atoms with van der Waals surface area (Å²) in [6.07, 6.45) is 3.33. The van der Waals surface area contributed by atoms with Gasteiger partial charge in [0.2, 0.25) is 5.82 Å². The first-order valence-corrected chi connectivity index (χ1v) is 6.34. The zero-order chi connectivity index (χ0) is 14.4. The highest BCUT2D eigenvalue weighted by Crippen LogP contribution is 2.25. The van der Waals surface area contributed by atoms with Gasteiger partial charge in [-0.1, -0.05) is 26.7 Å². The number of hydrogen-bond acceptors (Lipinski definition) is 5. The fourth-order valence-corrected chi connectivity index (χ4v) is 2.09. The molecule has 0 aliphatic carbocycles. The molecule has 0 aromatic carbocycles. The van der Waals surface area contributed by atoms with Crippen molar-refractivity contribution in [1.82, 2.24) is 4.98 Å². The maximum Gasteiger partial charge on any atom is 0.312 e. The largest absolute Gasteiger partial charge is 0.362 e. The van der Waals surface area contributed by atoms with Gasteiger partial charge in [0.25, 0.3) is 0 Å². The van der Waals surface area contributed by atoms with Crippen molar-refractivity contribution in [1.29, 1.82) is 5.26 Å². The molecule has 0 aliphatic rings. The van der Waals surface area contributed by atoms with Crippen LogP contribution in [0.2, 0.25) is 0 Å². The molecule has 1 rings (SSSR count). The van der Waals surface area contributed by atoms with Gasteiger partial charge in [-0.2, -0.15) is 5.26 Å². The summed E-state index contributed by atoms with van der Waals surface area (Å²) in [6.45, 7) is 6.17. The molecule has 1 N–H and O–H groups in total. The first kappa shape index (κ1) is 14.9. The van der Waals surface area contributed by atoms with Crippen LogP contribution in [0.4, 0.5) is 11.5 Å². The van der Waals surface area contributed by atoms with Crippen molar-refractivity contribution in [2.45, 2.75) is 39.7 Å². The third kappa shape index (κ3) is 3.65. The average Bonchev–Trinajstić information content (AvgIpc) is 2.40. The molecule has 19 heavy (non-hydrogen) atoms. The predicted molar refractivity (Wildman–Crippen MR) is 72.8 cm³/mol. The molecule has 1 heterocycles. The first-order chi connectivity index (χ1) is 9.03. The molecule has 6 heteroatoms. The number of hydrogen-bond donors (Lipinski definition) is 1. The van der Waals surface area contributed by atoms with E-state index in [0.29, 0.717) is 5.92 Å². The smallest absolute Gasteiger partial charge is 0.312 e. The quantitative estimate of drug-likeness (QED) is 0.628. The molecule has 0 saturated carbocycles. The maximum atomic E-state index is 11.0. The van der Waals surface area contributed by atoms with E-state index in [4.69, 9.17) is 5.26 Å². The standard InChI is InChI=1S/C13H18N4O2/c1-4-11(5-2)9(3)16-13-12(17(18)19)6-10(7-14)8-15-13/h6,8-9,11H,4-5H2,1-3H3,(H,15,16). The Morgan fingerprint density at radius 3 is 2.63 bits per heavy atom. The van der Waals surface area contributed by atoms with Crippen LogP contribution >= 0.6 is 0 Å². The van der Waals surface area contributed by atoms with Gasteiger partial charge < -0.3 is 5.32 Å². The van der Waals surface area contributed by atoms with E-state index >= 15 is 0 Å². The Balaban J connectivity index is 3.01. The number of nitrogens with zero attached hydrogens (tertiary/aromatic N) is 3. The number of nitro groups is 1. The number of aromatic nitrogens is 1. The van der Waals surface area contributed by atoms with Gasteiger partial charge in [0.05, 0.1) is 10.5 Å². The fourth-order valence-electron chi connectivity index (χ4n) is 2.09. The highest BCUT2D eigenvalue weighted by Gasteiger charge is 2.20. The van der Waals surface area contributed by atoms with Crippen LogP contribution in [0.15, 0.2) is 12.3 Å². The molecule has 1 aromatic heterocycles. The molecule has 0 saturated heterocycles. The summed E-state index contributed by atoms with van der Waals surface area (Å²) in [5.74, 6) is 0.653. The molecule has 0 amide bonds. The zero-order valence-corrected chi connectivity index (χ0v) is 11.4. The van der Waals surface area contributed by atoms with E-state index in [2.05, 4.69) is 24.1 Å². The van der Waals surface area contributed by atoms with Crippen molar-refractivity contribution in [2.24, 2.45) is 5.92 Å². The van der Waals surface area contributed by atoms with Crippen LogP contribution in [-0.4, -0.2) is 15.9 Å². The molecule has 6 nitrogen and oxygen atoms in total. The van der Waals surface area contributed by atoms with E-state index in [1.165, 1.54) is 12.3 Å². The van der Waals surface area contributed by atoms with E-state index in [-0.39, 0.29) is 23.1 Å². The van der Waals surface area contributed by atoms with E-state index < -0.39 is 4.92 Å². The molecule has 1 atom stereocenters. The third-order valence-corrected chi connectivity index (χ3v) is 3.31. The number of anilines is 1. The predicted octanol–water partition coefficient (Wildman–Crippen LogP) is 3.10. The van der Waals surface area contributed by atoms with Gasteiger partial charge in [0.15, 0.2) is 0 Å². The summed E-state index contributed by atoms with van der Waals surface area (Å²) in [4.78, 5) is 14.5. The van der Waals surface area contributed by atoms with Crippen LogP contribution in [0.3, 0.4) is 0 Å². The Labute approximate surface area is 112 Å².